The highest BCUT2D eigenvalue weighted by Gasteiger charge is 2.06. The van der Waals surface area contributed by atoms with Crippen LogP contribution in [0.2, 0.25) is 0 Å². The first-order valence-electron chi connectivity index (χ1n) is 4.74. The van der Waals surface area contributed by atoms with E-state index in [2.05, 4.69) is 19.2 Å². The first-order chi connectivity index (χ1) is 5.74. The second-order valence-corrected chi connectivity index (χ2v) is 2.97. The Balaban J connectivity index is 3.52. The van der Waals surface area contributed by atoms with Gasteiger partial charge in [-0.3, -0.25) is 4.79 Å². The predicted octanol–water partition coefficient (Wildman–Crippen LogP) is 1.03. The Labute approximate surface area is 74.7 Å². The summed E-state index contributed by atoms with van der Waals surface area (Å²) >= 11 is 0. The SMILES string of the molecule is CCC(CC)NC(=O)CCCN. The Hall–Kier alpha value is -0.570. The summed E-state index contributed by atoms with van der Waals surface area (Å²) in [5.74, 6) is 0.133. The molecule has 12 heavy (non-hydrogen) atoms. The molecule has 0 aromatic heterocycles. The molecule has 0 saturated carbocycles. The first kappa shape index (κ1) is 11.4. The van der Waals surface area contributed by atoms with E-state index in [4.69, 9.17) is 5.73 Å². The van der Waals surface area contributed by atoms with Crippen molar-refractivity contribution in [3.63, 3.8) is 0 Å². The first-order valence-corrected chi connectivity index (χ1v) is 4.74. The van der Waals surface area contributed by atoms with Gasteiger partial charge in [-0.05, 0) is 25.8 Å². The molecule has 3 nitrogen and oxygen atoms in total. The third-order valence-corrected chi connectivity index (χ3v) is 1.96. The Morgan fingerprint density at radius 3 is 2.42 bits per heavy atom. The number of rotatable bonds is 6. The van der Waals surface area contributed by atoms with Crippen molar-refractivity contribution < 1.29 is 4.79 Å². The van der Waals surface area contributed by atoms with Crippen molar-refractivity contribution in [2.75, 3.05) is 6.54 Å². The highest BCUT2D eigenvalue weighted by molar-refractivity contribution is 5.76. The summed E-state index contributed by atoms with van der Waals surface area (Å²) < 4.78 is 0. The summed E-state index contributed by atoms with van der Waals surface area (Å²) in [6.07, 6.45) is 3.36. The number of nitrogens with one attached hydrogen (secondary N) is 1. The molecule has 0 spiro atoms. The van der Waals surface area contributed by atoms with E-state index in [1.54, 1.807) is 0 Å². The molecule has 0 saturated heterocycles. The van der Waals surface area contributed by atoms with Crippen LogP contribution in [0.3, 0.4) is 0 Å². The van der Waals surface area contributed by atoms with E-state index in [1.807, 2.05) is 0 Å². The van der Waals surface area contributed by atoms with Gasteiger partial charge in [0.1, 0.15) is 0 Å². The van der Waals surface area contributed by atoms with E-state index < -0.39 is 0 Å². The lowest BCUT2D eigenvalue weighted by atomic mass is 10.1. The van der Waals surface area contributed by atoms with E-state index in [1.165, 1.54) is 0 Å². The van der Waals surface area contributed by atoms with Crippen molar-refractivity contribution in [1.29, 1.82) is 0 Å². The summed E-state index contributed by atoms with van der Waals surface area (Å²) in [5, 5.41) is 2.96. The largest absolute Gasteiger partial charge is 0.353 e. The molecule has 0 unspecified atom stereocenters. The minimum atomic E-state index is 0.133. The number of carbonyl (C=O) groups excluding carboxylic acids is 1. The van der Waals surface area contributed by atoms with Gasteiger partial charge in [0.25, 0.3) is 0 Å². The Morgan fingerprint density at radius 2 is 2.00 bits per heavy atom. The summed E-state index contributed by atoms with van der Waals surface area (Å²) in [5.41, 5.74) is 5.29. The smallest absolute Gasteiger partial charge is 0.220 e. The average Bonchev–Trinajstić information content (AvgIpc) is 2.10. The second-order valence-electron chi connectivity index (χ2n) is 2.97. The van der Waals surface area contributed by atoms with Crippen LogP contribution in [0.25, 0.3) is 0 Å². The summed E-state index contributed by atoms with van der Waals surface area (Å²) in [4.78, 5) is 11.2. The molecule has 1 amide bonds. The molecule has 0 radical (unpaired) electrons. The monoisotopic (exact) mass is 172 g/mol. The van der Waals surface area contributed by atoms with Gasteiger partial charge in [-0.15, -0.1) is 0 Å². The van der Waals surface area contributed by atoms with Crippen molar-refractivity contribution in [3.8, 4) is 0 Å². The molecular weight excluding hydrogens is 152 g/mol. The third-order valence-electron chi connectivity index (χ3n) is 1.96. The van der Waals surface area contributed by atoms with Gasteiger partial charge in [0.2, 0.25) is 5.91 Å². The van der Waals surface area contributed by atoms with E-state index >= 15 is 0 Å². The van der Waals surface area contributed by atoms with Crippen molar-refractivity contribution in [2.45, 2.75) is 45.6 Å². The highest BCUT2D eigenvalue weighted by atomic mass is 16.1. The molecule has 0 heterocycles. The summed E-state index contributed by atoms with van der Waals surface area (Å²) in [7, 11) is 0. The van der Waals surface area contributed by atoms with Gasteiger partial charge in [-0.1, -0.05) is 13.8 Å². The molecule has 0 rings (SSSR count). The minimum absolute atomic E-state index is 0.133. The van der Waals surface area contributed by atoms with Gasteiger partial charge >= 0.3 is 0 Å². The zero-order valence-corrected chi connectivity index (χ0v) is 8.10. The van der Waals surface area contributed by atoms with Crippen LogP contribution in [0.15, 0.2) is 0 Å². The van der Waals surface area contributed by atoms with Gasteiger partial charge in [0, 0.05) is 12.5 Å². The molecule has 0 fully saturated rings. The van der Waals surface area contributed by atoms with Crippen LogP contribution in [-0.4, -0.2) is 18.5 Å². The number of hydrogen-bond acceptors (Lipinski definition) is 2. The zero-order chi connectivity index (χ0) is 9.40. The average molecular weight is 172 g/mol. The molecule has 0 aliphatic heterocycles. The Morgan fingerprint density at radius 1 is 1.42 bits per heavy atom. The van der Waals surface area contributed by atoms with E-state index in [9.17, 15) is 4.79 Å². The molecule has 0 aromatic rings. The fourth-order valence-corrected chi connectivity index (χ4v) is 1.06. The molecule has 0 atom stereocenters. The fourth-order valence-electron chi connectivity index (χ4n) is 1.06. The highest BCUT2D eigenvalue weighted by Crippen LogP contribution is 1.97. The lowest BCUT2D eigenvalue weighted by Gasteiger charge is -2.14. The molecule has 0 aliphatic carbocycles. The van der Waals surface area contributed by atoms with Gasteiger partial charge in [-0.2, -0.15) is 0 Å². The van der Waals surface area contributed by atoms with Gasteiger partial charge in [0.15, 0.2) is 0 Å². The second kappa shape index (κ2) is 7.10. The zero-order valence-electron chi connectivity index (χ0n) is 8.10. The number of carbonyl (C=O) groups is 1. The molecule has 72 valence electrons. The van der Waals surface area contributed by atoms with Crippen LogP contribution in [0.5, 0.6) is 0 Å². The van der Waals surface area contributed by atoms with Crippen molar-refractivity contribution in [1.82, 2.24) is 5.32 Å². The van der Waals surface area contributed by atoms with Gasteiger partial charge in [-0.25, -0.2) is 0 Å². The normalized spacial score (nSPS) is 10.3. The molecule has 0 aromatic carbocycles. The number of nitrogens with two attached hydrogens (primary N) is 1. The maximum Gasteiger partial charge on any atom is 0.220 e. The lowest BCUT2D eigenvalue weighted by molar-refractivity contribution is -0.121. The van der Waals surface area contributed by atoms with Crippen molar-refractivity contribution >= 4 is 5.91 Å². The van der Waals surface area contributed by atoms with Crippen LogP contribution < -0.4 is 11.1 Å². The van der Waals surface area contributed by atoms with Crippen molar-refractivity contribution in [2.24, 2.45) is 5.73 Å². The van der Waals surface area contributed by atoms with Gasteiger partial charge < -0.3 is 11.1 Å². The molecule has 3 heteroatoms. The Bertz CT molecular complexity index is 122. The predicted molar refractivity (Wildman–Crippen MR) is 50.8 cm³/mol. The summed E-state index contributed by atoms with van der Waals surface area (Å²) in [6.45, 7) is 4.76. The lowest BCUT2D eigenvalue weighted by Crippen LogP contribution is -2.33. The fraction of sp³-hybridized carbons (Fsp3) is 0.889. The molecule has 3 N–H and O–H groups in total. The van der Waals surface area contributed by atoms with Crippen LogP contribution in [0.4, 0.5) is 0 Å². The number of amides is 1. The maximum absolute atomic E-state index is 11.2. The minimum Gasteiger partial charge on any atom is -0.353 e. The van der Waals surface area contributed by atoms with Crippen LogP contribution >= 0.6 is 0 Å². The van der Waals surface area contributed by atoms with E-state index in [-0.39, 0.29) is 5.91 Å². The number of hydrogen-bond donors (Lipinski definition) is 2. The third kappa shape index (κ3) is 5.13. The topological polar surface area (TPSA) is 55.1 Å². The summed E-state index contributed by atoms with van der Waals surface area (Å²) in [6, 6.07) is 0.343. The molecule has 0 bridgehead atoms. The maximum atomic E-state index is 11.2. The van der Waals surface area contributed by atoms with Crippen LogP contribution in [0.1, 0.15) is 39.5 Å². The van der Waals surface area contributed by atoms with Crippen LogP contribution in [-0.2, 0) is 4.79 Å². The van der Waals surface area contributed by atoms with E-state index in [0.29, 0.717) is 19.0 Å². The standard InChI is InChI=1S/C9H20N2O/c1-3-8(4-2)11-9(12)6-5-7-10/h8H,3-7,10H2,1-2H3,(H,11,12). The molecular formula is C9H20N2O. The van der Waals surface area contributed by atoms with Gasteiger partial charge in [0.05, 0.1) is 0 Å². The quantitative estimate of drug-likeness (QED) is 0.628. The van der Waals surface area contributed by atoms with Crippen LogP contribution in [0, 0.1) is 0 Å². The van der Waals surface area contributed by atoms with Crippen molar-refractivity contribution in [3.05, 3.63) is 0 Å². The molecule has 0 aliphatic rings. The van der Waals surface area contributed by atoms with E-state index in [0.717, 1.165) is 19.3 Å². The Kier molecular flexibility index (Phi) is 6.76.